The number of amides is 1. The van der Waals surface area contributed by atoms with Gasteiger partial charge in [-0.3, -0.25) is 4.98 Å². The first kappa shape index (κ1) is 30.6. The van der Waals surface area contributed by atoms with Gasteiger partial charge in [0.15, 0.2) is 6.79 Å². The summed E-state index contributed by atoms with van der Waals surface area (Å²) >= 11 is 0. The van der Waals surface area contributed by atoms with Crippen molar-refractivity contribution in [2.24, 2.45) is 0 Å². The highest BCUT2D eigenvalue weighted by Gasteiger charge is 2.27. The van der Waals surface area contributed by atoms with Crippen molar-refractivity contribution >= 4 is 22.7 Å². The molecule has 1 aliphatic heterocycles. The van der Waals surface area contributed by atoms with Crippen molar-refractivity contribution in [3.05, 3.63) is 72.2 Å². The summed E-state index contributed by atoms with van der Waals surface area (Å²) in [6, 6.07) is 17.2. The van der Waals surface area contributed by atoms with Crippen molar-refractivity contribution in [3.8, 4) is 39.8 Å². The van der Waals surface area contributed by atoms with Gasteiger partial charge >= 0.3 is 6.09 Å². The Bertz CT molecular complexity index is 1700. The molecule has 2 heterocycles. The second kappa shape index (κ2) is 12.8. The van der Waals surface area contributed by atoms with E-state index in [9.17, 15) is 19.6 Å². The number of fused-ring (bicyclic) bond motifs is 1. The maximum Gasteiger partial charge on any atom is 0.407 e. The van der Waals surface area contributed by atoms with Gasteiger partial charge in [-0.05, 0) is 75.1 Å². The number of aromatic nitrogens is 1. The summed E-state index contributed by atoms with van der Waals surface area (Å²) < 4.78 is 30.9. The highest BCUT2D eigenvalue weighted by atomic mass is 19.1. The second-order valence-electron chi connectivity index (χ2n) is 11.7. The van der Waals surface area contributed by atoms with Crippen LogP contribution < -0.4 is 15.0 Å². The van der Waals surface area contributed by atoms with Crippen LogP contribution in [0, 0.1) is 17.1 Å². The van der Waals surface area contributed by atoms with Crippen molar-refractivity contribution in [2.45, 2.75) is 45.3 Å². The lowest BCUT2D eigenvalue weighted by molar-refractivity contribution is 0.0496. The summed E-state index contributed by atoms with van der Waals surface area (Å²) in [6.07, 6.45) is 2.57. The topological polar surface area (TPSA) is 117 Å². The van der Waals surface area contributed by atoms with Crippen LogP contribution in [0.25, 0.3) is 33.2 Å². The van der Waals surface area contributed by atoms with Crippen LogP contribution in [0.3, 0.4) is 0 Å². The Morgan fingerprint density at radius 2 is 1.89 bits per heavy atom. The number of carbonyl (C=O) groups excluding carboxylic acids is 1. The number of halogens is 1. The molecule has 9 nitrogen and oxygen atoms in total. The van der Waals surface area contributed by atoms with E-state index in [1.807, 2.05) is 45.0 Å². The van der Waals surface area contributed by atoms with Crippen molar-refractivity contribution in [2.75, 3.05) is 31.9 Å². The fourth-order valence-electron chi connectivity index (χ4n) is 5.48. The van der Waals surface area contributed by atoms with Crippen LogP contribution in [0.2, 0.25) is 0 Å². The lowest BCUT2D eigenvalue weighted by Gasteiger charge is -2.36. The summed E-state index contributed by atoms with van der Waals surface area (Å²) in [4.78, 5) is 19.3. The van der Waals surface area contributed by atoms with Crippen LogP contribution in [-0.2, 0) is 9.47 Å². The molecule has 2 N–H and O–H groups in total. The number of nitriles is 1. The molecule has 1 aromatic heterocycles. The van der Waals surface area contributed by atoms with E-state index in [1.54, 1.807) is 18.3 Å². The highest BCUT2D eigenvalue weighted by Crippen LogP contribution is 2.42. The van der Waals surface area contributed by atoms with E-state index in [0.29, 0.717) is 53.9 Å². The van der Waals surface area contributed by atoms with Gasteiger partial charge < -0.3 is 29.5 Å². The molecule has 0 unspecified atom stereocenters. The second-order valence-corrected chi connectivity index (χ2v) is 11.7. The molecule has 228 valence electrons. The molecule has 1 aliphatic rings. The number of nitrogens with one attached hydrogen (secondary N) is 1. The quantitative estimate of drug-likeness (QED) is 0.224. The number of phenols is 1. The summed E-state index contributed by atoms with van der Waals surface area (Å²) in [5, 5.41) is 23.8. The molecule has 0 aliphatic carbocycles. The average molecular weight is 599 g/mol. The predicted molar refractivity (Wildman–Crippen MR) is 166 cm³/mol. The number of hydrogen-bond donors (Lipinski definition) is 2. The third kappa shape index (κ3) is 6.84. The van der Waals surface area contributed by atoms with Gasteiger partial charge in [0.1, 0.15) is 29.0 Å². The molecule has 0 radical (unpaired) electrons. The van der Waals surface area contributed by atoms with E-state index in [0.717, 1.165) is 28.2 Å². The molecular formula is C34H35FN4O5. The van der Waals surface area contributed by atoms with Crippen LogP contribution in [0.1, 0.15) is 39.2 Å². The lowest BCUT2D eigenvalue weighted by Crippen LogP contribution is -2.46. The number of methoxy groups -OCH3 is 1. The fourth-order valence-corrected chi connectivity index (χ4v) is 5.48. The van der Waals surface area contributed by atoms with E-state index in [2.05, 4.69) is 16.3 Å². The van der Waals surface area contributed by atoms with Gasteiger partial charge in [0, 0.05) is 55.0 Å². The minimum Gasteiger partial charge on any atom is -0.508 e. The summed E-state index contributed by atoms with van der Waals surface area (Å²) in [7, 11) is 1.51. The zero-order valence-corrected chi connectivity index (χ0v) is 25.2. The maximum absolute atomic E-state index is 14.5. The number of alkyl carbamates (subject to hydrolysis) is 1. The summed E-state index contributed by atoms with van der Waals surface area (Å²) in [6.45, 7) is 6.66. The smallest absolute Gasteiger partial charge is 0.407 e. The lowest BCUT2D eigenvalue weighted by atomic mass is 9.95. The number of pyridine rings is 1. The molecule has 44 heavy (non-hydrogen) atoms. The first-order valence-corrected chi connectivity index (χ1v) is 14.4. The number of nitrogens with zero attached hydrogens (tertiary/aromatic N) is 3. The van der Waals surface area contributed by atoms with Gasteiger partial charge in [0.05, 0.1) is 16.8 Å². The van der Waals surface area contributed by atoms with Crippen molar-refractivity contribution in [1.82, 2.24) is 10.3 Å². The molecule has 0 bridgehead atoms. The van der Waals surface area contributed by atoms with Gasteiger partial charge in [-0.2, -0.15) is 5.26 Å². The molecule has 0 saturated carbocycles. The molecule has 1 saturated heterocycles. The number of benzene rings is 3. The number of anilines is 1. The molecule has 1 amide bonds. The highest BCUT2D eigenvalue weighted by molar-refractivity contribution is 6.02. The third-order valence-electron chi connectivity index (χ3n) is 7.33. The average Bonchev–Trinajstić information content (AvgIpc) is 2.98. The Hall–Kier alpha value is -4.88. The molecule has 0 atom stereocenters. The van der Waals surface area contributed by atoms with Gasteiger partial charge in [0.2, 0.25) is 0 Å². The number of aromatic hydroxyl groups is 1. The number of phenolic OH excluding ortho intramolecular Hbond substituents is 1. The first-order chi connectivity index (χ1) is 21.1. The van der Waals surface area contributed by atoms with Crippen LogP contribution in [0.5, 0.6) is 11.5 Å². The summed E-state index contributed by atoms with van der Waals surface area (Å²) in [5.74, 6) is -0.340. The fraction of sp³-hybridized carbons (Fsp3) is 0.324. The SMILES string of the molecule is COCOc1c(C#N)cccc1-c1ccc2ncc(-c3cc(O)cc(F)c3)c(N3CCC(NC(=O)OC(C)(C)C)CC3)c2c1. The molecule has 5 rings (SSSR count). The van der Waals surface area contributed by atoms with E-state index >= 15 is 0 Å². The van der Waals surface area contributed by atoms with Crippen LogP contribution >= 0.6 is 0 Å². The zero-order chi connectivity index (χ0) is 31.4. The molecular weight excluding hydrogens is 563 g/mol. The van der Waals surface area contributed by atoms with Crippen LogP contribution in [0.4, 0.5) is 14.9 Å². The zero-order valence-electron chi connectivity index (χ0n) is 25.2. The van der Waals surface area contributed by atoms with Gasteiger partial charge in [-0.1, -0.05) is 18.2 Å². The Kier molecular flexibility index (Phi) is 8.88. The maximum atomic E-state index is 14.5. The minimum atomic E-state index is -0.592. The summed E-state index contributed by atoms with van der Waals surface area (Å²) in [5.41, 5.74) is 3.98. The molecule has 0 spiro atoms. The monoisotopic (exact) mass is 598 g/mol. The first-order valence-electron chi connectivity index (χ1n) is 14.4. The third-order valence-corrected chi connectivity index (χ3v) is 7.33. The van der Waals surface area contributed by atoms with Gasteiger partial charge in [-0.25, -0.2) is 9.18 Å². The number of ether oxygens (including phenoxy) is 3. The Morgan fingerprint density at radius 3 is 2.57 bits per heavy atom. The normalized spacial score (nSPS) is 13.9. The predicted octanol–water partition coefficient (Wildman–Crippen LogP) is 6.76. The van der Waals surface area contributed by atoms with E-state index in [4.69, 9.17) is 19.2 Å². The van der Waals surface area contributed by atoms with E-state index < -0.39 is 17.5 Å². The Labute approximate surface area is 255 Å². The number of carbonyl (C=O) groups is 1. The number of para-hydroxylation sites is 1. The van der Waals surface area contributed by atoms with Crippen molar-refractivity contribution in [3.63, 3.8) is 0 Å². The molecule has 4 aromatic rings. The largest absolute Gasteiger partial charge is 0.508 e. The number of piperidine rings is 1. The van der Waals surface area contributed by atoms with Gasteiger partial charge in [0.25, 0.3) is 0 Å². The van der Waals surface area contributed by atoms with Gasteiger partial charge in [-0.15, -0.1) is 0 Å². The van der Waals surface area contributed by atoms with Crippen molar-refractivity contribution in [1.29, 1.82) is 5.26 Å². The van der Waals surface area contributed by atoms with Crippen molar-refractivity contribution < 1.29 is 28.5 Å². The number of rotatable bonds is 7. The molecule has 3 aromatic carbocycles. The van der Waals surface area contributed by atoms with Crippen LogP contribution in [0.15, 0.2) is 60.8 Å². The molecule has 10 heteroatoms. The minimum absolute atomic E-state index is 0.0223. The standard InChI is InChI=1S/C34H35FN4O5/c1-34(2,3)44-33(41)38-25-10-12-39(13-11-25)31-28-16-21(27-7-5-6-22(18-36)32(27)43-20-42-4)8-9-30(28)37-19-29(31)23-14-24(35)17-26(40)15-23/h5-9,14-17,19,25,40H,10-13,20H2,1-4H3,(H,38,41). The van der Waals surface area contributed by atoms with E-state index in [1.165, 1.54) is 19.2 Å². The Balaban J connectivity index is 1.59. The number of hydrogen-bond acceptors (Lipinski definition) is 8. The molecule has 1 fully saturated rings. The van der Waals surface area contributed by atoms with E-state index in [-0.39, 0.29) is 18.6 Å². The van der Waals surface area contributed by atoms with Crippen LogP contribution in [-0.4, -0.2) is 54.8 Å². The Morgan fingerprint density at radius 1 is 1.11 bits per heavy atom.